The van der Waals surface area contributed by atoms with Gasteiger partial charge in [0.15, 0.2) is 0 Å². The van der Waals surface area contributed by atoms with Gasteiger partial charge in [0.05, 0.1) is 6.10 Å². The fourth-order valence-corrected chi connectivity index (χ4v) is 1.08. The lowest BCUT2D eigenvalue weighted by Crippen LogP contribution is -2.25. The summed E-state index contributed by atoms with van der Waals surface area (Å²) in [7, 11) is 0. The Bertz CT molecular complexity index is 326. The molecular formula is C11H19N3O. The van der Waals surface area contributed by atoms with Crippen LogP contribution in [0.4, 0.5) is 11.5 Å². The van der Waals surface area contributed by atoms with Crippen molar-refractivity contribution < 1.29 is 5.11 Å². The summed E-state index contributed by atoms with van der Waals surface area (Å²) in [5, 5.41) is 12.6. The van der Waals surface area contributed by atoms with Crippen molar-refractivity contribution in [2.24, 2.45) is 5.92 Å². The number of rotatable bonds is 4. The van der Waals surface area contributed by atoms with E-state index in [-0.39, 0.29) is 12.0 Å². The molecule has 1 unspecified atom stereocenters. The molecule has 0 aliphatic carbocycles. The Morgan fingerprint density at radius 3 is 2.73 bits per heavy atom. The fourth-order valence-electron chi connectivity index (χ4n) is 1.08. The van der Waals surface area contributed by atoms with Gasteiger partial charge in [-0.1, -0.05) is 13.8 Å². The maximum absolute atomic E-state index is 9.59. The predicted molar refractivity (Wildman–Crippen MR) is 62.7 cm³/mol. The molecule has 0 aromatic carbocycles. The van der Waals surface area contributed by atoms with Crippen molar-refractivity contribution in [3.05, 3.63) is 17.8 Å². The molecule has 1 aromatic heterocycles. The maximum Gasteiger partial charge on any atom is 0.128 e. The van der Waals surface area contributed by atoms with Crippen LogP contribution in [0, 0.1) is 12.8 Å². The second kappa shape index (κ2) is 4.98. The van der Waals surface area contributed by atoms with Gasteiger partial charge in [-0.3, -0.25) is 0 Å². The van der Waals surface area contributed by atoms with E-state index in [0.717, 1.165) is 5.56 Å². The SMILES string of the molecule is Cc1cnc(NCC(O)C(C)C)cc1N. The van der Waals surface area contributed by atoms with Crippen LogP contribution in [0.1, 0.15) is 19.4 Å². The van der Waals surface area contributed by atoms with Crippen molar-refractivity contribution >= 4 is 11.5 Å². The smallest absolute Gasteiger partial charge is 0.128 e. The monoisotopic (exact) mass is 209 g/mol. The van der Waals surface area contributed by atoms with E-state index in [9.17, 15) is 5.11 Å². The molecular weight excluding hydrogens is 190 g/mol. The highest BCUT2D eigenvalue weighted by atomic mass is 16.3. The maximum atomic E-state index is 9.59. The van der Waals surface area contributed by atoms with E-state index in [1.165, 1.54) is 0 Å². The quantitative estimate of drug-likeness (QED) is 0.701. The van der Waals surface area contributed by atoms with Gasteiger partial charge in [0.2, 0.25) is 0 Å². The summed E-state index contributed by atoms with van der Waals surface area (Å²) >= 11 is 0. The molecule has 0 spiro atoms. The lowest BCUT2D eigenvalue weighted by atomic mass is 10.1. The Morgan fingerprint density at radius 2 is 2.20 bits per heavy atom. The van der Waals surface area contributed by atoms with Crippen LogP contribution in [0.15, 0.2) is 12.3 Å². The highest BCUT2D eigenvalue weighted by molar-refractivity contribution is 5.53. The van der Waals surface area contributed by atoms with Crippen LogP contribution in [-0.2, 0) is 0 Å². The van der Waals surface area contributed by atoms with Gasteiger partial charge in [-0.15, -0.1) is 0 Å². The first-order valence-corrected chi connectivity index (χ1v) is 5.14. The number of aryl methyl sites for hydroxylation is 1. The normalized spacial score (nSPS) is 12.9. The lowest BCUT2D eigenvalue weighted by molar-refractivity contribution is 0.138. The molecule has 0 aliphatic heterocycles. The summed E-state index contributed by atoms with van der Waals surface area (Å²) < 4.78 is 0. The summed E-state index contributed by atoms with van der Waals surface area (Å²) in [5.41, 5.74) is 7.42. The van der Waals surface area contributed by atoms with Crippen molar-refractivity contribution in [3.8, 4) is 0 Å². The third kappa shape index (κ3) is 3.40. The molecule has 84 valence electrons. The van der Waals surface area contributed by atoms with E-state index < -0.39 is 0 Å². The van der Waals surface area contributed by atoms with Crippen molar-refractivity contribution in [2.45, 2.75) is 26.9 Å². The minimum absolute atomic E-state index is 0.236. The third-order valence-corrected chi connectivity index (χ3v) is 2.41. The molecule has 0 amide bonds. The topological polar surface area (TPSA) is 71.2 Å². The Labute approximate surface area is 90.5 Å². The van der Waals surface area contributed by atoms with Gasteiger partial charge >= 0.3 is 0 Å². The molecule has 4 heteroatoms. The molecule has 15 heavy (non-hydrogen) atoms. The number of aliphatic hydroxyl groups is 1. The molecule has 1 rings (SSSR count). The zero-order chi connectivity index (χ0) is 11.4. The lowest BCUT2D eigenvalue weighted by Gasteiger charge is -2.15. The Kier molecular flexibility index (Phi) is 3.91. The molecule has 1 atom stereocenters. The number of pyridine rings is 1. The van der Waals surface area contributed by atoms with Crippen LogP contribution in [0.2, 0.25) is 0 Å². The summed E-state index contributed by atoms with van der Waals surface area (Å²) in [6.07, 6.45) is 1.36. The fraction of sp³-hybridized carbons (Fsp3) is 0.545. The minimum Gasteiger partial charge on any atom is -0.398 e. The van der Waals surface area contributed by atoms with Gasteiger partial charge < -0.3 is 16.2 Å². The first-order chi connectivity index (χ1) is 7.00. The van der Waals surface area contributed by atoms with Gasteiger partial charge in [0.25, 0.3) is 0 Å². The first kappa shape index (κ1) is 11.8. The van der Waals surface area contributed by atoms with Gasteiger partial charge in [0.1, 0.15) is 5.82 Å². The molecule has 0 aliphatic rings. The number of hydrogen-bond acceptors (Lipinski definition) is 4. The van der Waals surface area contributed by atoms with Crippen LogP contribution in [0.3, 0.4) is 0 Å². The van der Waals surface area contributed by atoms with E-state index in [4.69, 9.17) is 5.73 Å². The van der Waals surface area contributed by atoms with E-state index in [2.05, 4.69) is 10.3 Å². The van der Waals surface area contributed by atoms with Crippen LogP contribution >= 0.6 is 0 Å². The van der Waals surface area contributed by atoms with Gasteiger partial charge in [0, 0.05) is 24.5 Å². The Hall–Kier alpha value is -1.29. The molecule has 4 N–H and O–H groups in total. The molecule has 0 radical (unpaired) electrons. The number of anilines is 2. The second-order valence-electron chi connectivity index (χ2n) is 4.12. The summed E-state index contributed by atoms with van der Waals surface area (Å²) in [6.45, 7) is 6.36. The average molecular weight is 209 g/mol. The van der Waals surface area contributed by atoms with Gasteiger partial charge in [-0.25, -0.2) is 4.98 Å². The summed E-state index contributed by atoms with van der Waals surface area (Å²) in [4.78, 5) is 4.17. The van der Waals surface area contributed by atoms with Crippen LogP contribution in [0.5, 0.6) is 0 Å². The zero-order valence-electron chi connectivity index (χ0n) is 9.49. The molecule has 0 saturated carbocycles. The van der Waals surface area contributed by atoms with E-state index in [1.807, 2.05) is 20.8 Å². The van der Waals surface area contributed by atoms with Crippen LogP contribution < -0.4 is 11.1 Å². The van der Waals surface area contributed by atoms with Crippen molar-refractivity contribution in [1.29, 1.82) is 0 Å². The minimum atomic E-state index is -0.366. The summed E-state index contributed by atoms with van der Waals surface area (Å²) in [6, 6.07) is 1.78. The number of nitrogens with zero attached hydrogens (tertiary/aromatic N) is 1. The number of hydrogen-bond donors (Lipinski definition) is 3. The van der Waals surface area contributed by atoms with Crippen LogP contribution in [-0.4, -0.2) is 22.7 Å². The van der Waals surface area contributed by atoms with Crippen molar-refractivity contribution in [2.75, 3.05) is 17.6 Å². The molecule has 1 heterocycles. The van der Waals surface area contributed by atoms with Crippen molar-refractivity contribution in [3.63, 3.8) is 0 Å². The number of aliphatic hydroxyl groups excluding tert-OH is 1. The molecule has 0 bridgehead atoms. The summed E-state index contributed by atoms with van der Waals surface area (Å²) in [5.74, 6) is 0.943. The van der Waals surface area contributed by atoms with E-state index in [1.54, 1.807) is 12.3 Å². The zero-order valence-corrected chi connectivity index (χ0v) is 9.49. The second-order valence-corrected chi connectivity index (χ2v) is 4.12. The Morgan fingerprint density at radius 1 is 1.53 bits per heavy atom. The highest BCUT2D eigenvalue weighted by Gasteiger charge is 2.08. The molecule has 1 aromatic rings. The third-order valence-electron chi connectivity index (χ3n) is 2.41. The predicted octanol–water partition coefficient (Wildman–Crippen LogP) is 1.40. The first-order valence-electron chi connectivity index (χ1n) is 5.14. The number of nitrogen functional groups attached to an aromatic ring is 1. The van der Waals surface area contributed by atoms with Gasteiger partial charge in [-0.2, -0.15) is 0 Å². The van der Waals surface area contributed by atoms with Crippen LogP contribution in [0.25, 0.3) is 0 Å². The molecule has 4 nitrogen and oxygen atoms in total. The Balaban J connectivity index is 2.55. The molecule has 0 saturated heterocycles. The van der Waals surface area contributed by atoms with E-state index in [0.29, 0.717) is 18.1 Å². The largest absolute Gasteiger partial charge is 0.398 e. The number of nitrogens with two attached hydrogens (primary N) is 1. The standard InChI is InChI=1S/C11H19N3O/c1-7(2)10(15)6-14-11-4-9(12)8(3)5-13-11/h4-5,7,10,15H,6H2,1-3H3,(H3,12,13,14). The number of nitrogens with one attached hydrogen (secondary N) is 1. The highest BCUT2D eigenvalue weighted by Crippen LogP contribution is 2.13. The van der Waals surface area contributed by atoms with E-state index >= 15 is 0 Å². The average Bonchev–Trinajstić information content (AvgIpc) is 2.19. The van der Waals surface area contributed by atoms with Gasteiger partial charge in [-0.05, 0) is 18.4 Å². The number of aromatic nitrogens is 1. The molecule has 0 fully saturated rings. The van der Waals surface area contributed by atoms with Crippen molar-refractivity contribution in [1.82, 2.24) is 4.98 Å².